The van der Waals surface area contributed by atoms with E-state index in [0.29, 0.717) is 6.54 Å². The number of hydrogen-bond donors (Lipinski definition) is 2. The highest BCUT2D eigenvalue weighted by molar-refractivity contribution is 5.94. The molecule has 2 aromatic rings. The number of likely N-dealkylation sites (N-methyl/N-ethyl adjacent to an activating group) is 1. The summed E-state index contributed by atoms with van der Waals surface area (Å²) in [5.41, 5.74) is 2.76. The van der Waals surface area contributed by atoms with Crippen LogP contribution in [0.1, 0.15) is 33.2 Å². The number of carbonyl (C=O) groups excluding carboxylic acids is 1. The molecule has 1 heterocycles. The fourth-order valence-corrected chi connectivity index (χ4v) is 2.21. The van der Waals surface area contributed by atoms with E-state index in [9.17, 15) is 4.79 Å². The zero-order valence-electron chi connectivity index (χ0n) is 12.9. The van der Waals surface area contributed by atoms with Gasteiger partial charge in [0.15, 0.2) is 0 Å². The van der Waals surface area contributed by atoms with Crippen LogP contribution in [0.3, 0.4) is 0 Å². The van der Waals surface area contributed by atoms with E-state index in [1.165, 1.54) is 11.8 Å². The van der Waals surface area contributed by atoms with Crippen molar-refractivity contribution in [2.75, 3.05) is 20.6 Å². The van der Waals surface area contributed by atoms with Gasteiger partial charge in [0.1, 0.15) is 17.3 Å². The lowest BCUT2D eigenvalue weighted by Crippen LogP contribution is -2.35. The van der Waals surface area contributed by atoms with Gasteiger partial charge in [-0.05, 0) is 26.6 Å². The van der Waals surface area contributed by atoms with Gasteiger partial charge in [-0.25, -0.2) is 0 Å². The molecule has 22 heavy (non-hydrogen) atoms. The number of hydrogen-bond acceptors (Lipinski definition) is 4. The molecule has 1 atom stereocenters. The number of aryl methyl sites for hydroxylation is 1. The Morgan fingerprint density at radius 2 is 2.09 bits per heavy atom. The maximum atomic E-state index is 12.1. The predicted octanol–water partition coefficient (Wildman–Crippen LogP) is 1.62. The Labute approximate surface area is 129 Å². The maximum absolute atomic E-state index is 12.1. The molecule has 1 aromatic heterocycles. The molecule has 0 fully saturated rings. The number of nitrogens with zero attached hydrogens (tertiary/aromatic N) is 3. The van der Waals surface area contributed by atoms with Gasteiger partial charge in [-0.2, -0.15) is 10.4 Å². The number of amides is 1. The van der Waals surface area contributed by atoms with Gasteiger partial charge in [0, 0.05) is 6.54 Å². The third-order valence-electron chi connectivity index (χ3n) is 3.53. The van der Waals surface area contributed by atoms with Crippen molar-refractivity contribution < 1.29 is 4.79 Å². The van der Waals surface area contributed by atoms with Crippen LogP contribution in [-0.4, -0.2) is 41.6 Å². The summed E-state index contributed by atoms with van der Waals surface area (Å²) in [6, 6.07) is 10.2. The maximum Gasteiger partial charge on any atom is 0.270 e. The molecule has 2 N–H and O–H groups in total. The summed E-state index contributed by atoms with van der Waals surface area (Å²) in [4.78, 5) is 14.2. The first kappa shape index (κ1) is 15.7. The highest BCUT2D eigenvalue weighted by atomic mass is 16.1. The van der Waals surface area contributed by atoms with Crippen LogP contribution in [0.5, 0.6) is 0 Å². The monoisotopic (exact) mass is 297 g/mol. The lowest BCUT2D eigenvalue weighted by molar-refractivity contribution is 0.0936. The standard InChI is InChI=1S/C16H19N5O/c1-11-4-6-12(7-5-11)14(21(2)3)10-18-16(22)15-13(8-17)9-19-20-15/h4-7,9,14H,10H2,1-3H3,(H,18,22)(H,19,20). The highest BCUT2D eigenvalue weighted by Crippen LogP contribution is 2.18. The molecule has 0 saturated carbocycles. The van der Waals surface area contributed by atoms with E-state index >= 15 is 0 Å². The molecule has 0 aliphatic carbocycles. The van der Waals surface area contributed by atoms with E-state index < -0.39 is 0 Å². The second-order valence-electron chi connectivity index (χ2n) is 5.37. The number of H-pyrrole nitrogens is 1. The second kappa shape index (κ2) is 6.87. The number of benzene rings is 1. The first-order valence-electron chi connectivity index (χ1n) is 6.97. The van der Waals surface area contributed by atoms with Gasteiger partial charge in [0.05, 0.1) is 12.2 Å². The number of nitriles is 1. The van der Waals surface area contributed by atoms with Crippen molar-refractivity contribution in [3.8, 4) is 6.07 Å². The first-order chi connectivity index (χ1) is 10.5. The van der Waals surface area contributed by atoms with Gasteiger partial charge >= 0.3 is 0 Å². The van der Waals surface area contributed by atoms with E-state index in [4.69, 9.17) is 5.26 Å². The summed E-state index contributed by atoms with van der Waals surface area (Å²) in [6.45, 7) is 2.48. The van der Waals surface area contributed by atoms with Crippen molar-refractivity contribution >= 4 is 5.91 Å². The molecule has 2 rings (SSSR count). The van der Waals surface area contributed by atoms with E-state index in [0.717, 1.165) is 5.56 Å². The van der Waals surface area contributed by atoms with Crippen LogP contribution in [0.15, 0.2) is 30.5 Å². The molecule has 114 valence electrons. The zero-order valence-corrected chi connectivity index (χ0v) is 12.9. The Morgan fingerprint density at radius 3 is 2.68 bits per heavy atom. The molecule has 6 heteroatoms. The summed E-state index contributed by atoms with van der Waals surface area (Å²) in [7, 11) is 3.93. The molecule has 1 unspecified atom stereocenters. The van der Waals surface area contributed by atoms with Crippen LogP contribution in [0, 0.1) is 18.3 Å². The molecule has 0 spiro atoms. The smallest absolute Gasteiger partial charge is 0.270 e. The van der Waals surface area contributed by atoms with Gasteiger partial charge < -0.3 is 10.2 Å². The minimum Gasteiger partial charge on any atom is -0.349 e. The summed E-state index contributed by atoms with van der Waals surface area (Å²) >= 11 is 0. The Morgan fingerprint density at radius 1 is 1.41 bits per heavy atom. The lowest BCUT2D eigenvalue weighted by atomic mass is 10.0. The van der Waals surface area contributed by atoms with Crippen molar-refractivity contribution in [3.05, 3.63) is 52.8 Å². The number of carbonyl (C=O) groups is 1. The van der Waals surface area contributed by atoms with Crippen LogP contribution in [0.4, 0.5) is 0 Å². The summed E-state index contributed by atoms with van der Waals surface area (Å²) in [6.07, 6.45) is 1.35. The Bertz CT molecular complexity index is 681. The molecule has 1 aromatic carbocycles. The quantitative estimate of drug-likeness (QED) is 0.878. The molecular formula is C16H19N5O. The SMILES string of the molecule is Cc1ccc(C(CNC(=O)c2[nH]ncc2C#N)N(C)C)cc1. The molecule has 0 bridgehead atoms. The first-order valence-corrected chi connectivity index (χ1v) is 6.97. The van der Waals surface area contributed by atoms with Crippen LogP contribution in [0.25, 0.3) is 0 Å². The highest BCUT2D eigenvalue weighted by Gasteiger charge is 2.18. The zero-order chi connectivity index (χ0) is 16.1. The average Bonchev–Trinajstić information content (AvgIpc) is 2.97. The second-order valence-corrected chi connectivity index (χ2v) is 5.37. The van der Waals surface area contributed by atoms with Gasteiger partial charge in [0.2, 0.25) is 0 Å². The normalized spacial score (nSPS) is 12.0. The average molecular weight is 297 g/mol. The Hall–Kier alpha value is -2.65. The van der Waals surface area contributed by atoms with E-state index in [2.05, 4.69) is 39.8 Å². The van der Waals surface area contributed by atoms with Gasteiger partial charge in [-0.15, -0.1) is 0 Å². The van der Waals surface area contributed by atoms with Crippen molar-refractivity contribution in [2.24, 2.45) is 0 Å². The molecule has 0 aliphatic heterocycles. The largest absolute Gasteiger partial charge is 0.349 e. The summed E-state index contributed by atoms with van der Waals surface area (Å²) < 4.78 is 0. The molecule has 0 radical (unpaired) electrons. The fraction of sp³-hybridized carbons (Fsp3) is 0.312. The van der Waals surface area contributed by atoms with Crippen LogP contribution in [0.2, 0.25) is 0 Å². The molecule has 1 amide bonds. The van der Waals surface area contributed by atoms with Crippen LogP contribution in [-0.2, 0) is 0 Å². The van der Waals surface area contributed by atoms with Gasteiger partial charge in [-0.3, -0.25) is 9.89 Å². The Kier molecular flexibility index (Phi) is 4.92. The van der Waals surface area contributed by atoms with E-state index in [1.807, 2.05) is 32.0 Å². The van der Waals surface area contributed by atoms with Crippen LogP contribution < -0.4 is 5.32 Å². The van der Waals surface area contributed by atoms with Gasteiger partial charge in [-0.1, -0.05) is 29.8 Å². The number of aromatic amines is 1. The lowest BCUT2D eigenvalue weighted by Gasteiger charge is -2.25. The third kappa shape index (κ3) is 3.51. The third-order valence-corrected chi connectivity index (χ3v) is 3.53. The minimum absolute atomic E-state index is 0.0537. The number of rotatable bonds is 5. The van der Waals surface area contributed by atoms with Crippen molar-refractivity contribution in [1.82, 2.24) is 20.4 Å². The number of aromatic nitrogens is 2. The topological polar surface area (TPSA) is 84.8 Å². The molecule has 0 aliphatic rings. The van der Waals surface area contributed by atoms with Gasteiger partial charge in [0.25, 0.3) is 5.91 Å². The van der Waals surface area contributed by atoms with Crippen molar-refractivity contribution in [2.45, 2.75) is 13.0 Å². The van der Waals surface area contributed by atoms with Crippen LogP contribution >= 0.6 is 0 Å². The molecular weight excluding hydrogens is 278 g/mol. The molecule has 0 saturated heterocycles. The van der Waals surface area contributed by atoms with Crippen molar-refractivity contribution in [1.29, 1.82) is 5.26 Å². The minimum atomic E-state index is -0.326. The summed E-state index contributed by atoms with van der Waals surface area (Å²) in [5.74, 6) is -0.326. The van der Waals surface area contributed by atoms with Crippen molar-refractivity contribution in [3.63, 3.8) is 0 Å². The predicted molar refractivity (Wildman–Crippen MR) is 83.2 cm³/mol. The van der Waals surface area contributed by atoms with E-state index in [-0.39, 0.29) is 23.2 Å². The van der Waals surface area contributed by atoms with E-state index in [1.54, 1.807) is 0 Å². The fourth-order valence-electron chi connectivity index (χ4n) is 2.21. The number of nitrogens with one attached hydrogen (secondary N) is 2. The molecule has 6 nitrogen and oxygen atoms in total. The summed E-state index contributed by atoms with van der Waals surface area (Å²) in [5, 5.41) is 18.1. The Balaban J connectivity index is 2.08.